The summed E-state index contributed by atoms with van der Waals surface area (Å²) >= 11 is 7.26. The Kier molecular flexibility index (Phi) is 7.18. The van der Waals surface area contributed by atoms with Crippen molar-refractivity contribution in [3.8, 4) is 0 Å². The van der Waals surface area contributed by atoms with Crippen LogP contribution in [0.4, 0.5) is 0 Å². The highest BCUT2D eigenvalue weighted by Gasteiger charge is 2.22. The molecule has 0 aliphatic rings. The Morgan fingerprint density at radius 1 is 1.57 bits per heavy atom. The zero-order valence-corrected chi connectivity index (χ0v) is 13.4. The first-order valence-electron chi connectivity index (χ1n) is 6.15. The van der Waals surface area contributed by atoms with Gasteiger partial charge < -0.3 is 9.64 Å². The lowest BCUT2D eigenvalue weighted by molar-refractivity contribution is -0.143. The first kappa shape index (κ1) is 17.5. The molecule has 1 aromatic rings. The van der Waals surface area contributed by atoms with Crippen LogP contribution < -0.4 is 0 Å². The summed E-state index contributed by atoms with van der Waals surface area (Å²) in [6, 6.07) is 0. The molecule has 1 heterocycles. The van der Waals surface area contributed by atoms with Gasteiger partial charge in [-0.3, -0.25) is 9.59 Å². The number of carbonyl (C=O) groups excluding carboxylic acids is 2. The number of carbonyl (C=O) groups is 2. The second kappa shape index (κ2) is 8.63. The van der Waals surface area contributed by atoms with E-state index in [0.717, 1.165) is 0 Å². The van der Waals surface area contributed by atoms with Crippen LogP contribution in [-0.4, -0.2) is 52.7 Å². The number of amides is 1. The topological polar surface area (TPSA) is 72.4 Å². The van der Waals surface area contributed by atoms with Gasteiger partial charge in [-0.15, -0.1) is 6.58 Å². The quantitative estimate of drug-likeness (QED) is 0.330. The Hall–Kier alpha value is -1.60. The molecule has 21 heavy (non-hydrogen) atoms. The monoisotopic (exact) mass is 329 g/mol. The Bertz CT molecular complexity index is 539. The number of hydrogen-bond donors (Lipinski definition) is 0. The van der Waals surface area contributed by atoms with Crippen LogP contribution in [0.3, 0.4) is 0 Å². The predicted octanol–water partition coefficient (Wildman–Crippen LogP) is 2.04. The lowest BCUT2D eigenvalue weighted by Crippen LogP contribution is -2.37. The van der Waals surface area contributed by atoms with Crippen molar-refractivity contribution in [1.29, 1.82) is 0 Å². The van der Waals surface area contributed by atoms with E-state index in [1.54, 1.807) is 13.2 Å². The van der Waals surface area contributed by atoms with Crippen LogP contribution in [0.25, 0.3) is 0 Å². The minimum Gasteiger partial charge on any atom is -0.465 e. The summed E-state index contributed by atoms with van der Waals surface area (Å²) in [6.07, 6.45) is 4.67. The second-order valence-corrected chi connectivity index (χ2v) is 5.01. The van der Waals surface area contributed by atoms with Gasteiger partial charge in [-0.05, 0) is 13.2 Å². The van der Waals surface area contributed by atoms with Gasteiger partial charge in [0.1, 0.15) is 6.54 Å². The minimum atomic E-state index is -0.497. The molecule has 1 rings (SSSR count). The van der Waals surface area contributed by atoms with Crippen molar-refractivity contribution < 1.29 is 14.3 Å². The summed E-state index contributed by atoms with van der Waals surface area (Å²) in [4.78, 5) is 33.3. The maximum absolute atomic E-state index is 12.4. The number of esters is 1. The van der Waals surface area contributed by atoms with E-state index in [1.165, 1.54) is 28.9 Å². The third kappa shape index (κ3) is 5.02. The van der Waals surface area contributed by atoms with Crippen LogP contribution in [-0.2, 0) is 9.53 Å². The maximum atomic E-state index is 12.4. The standard InChI is InChI=1S/C13H16ClN3O3S/c1-4-6-17(8-10(18)20-5-2)12(19)11-9(14)7-15-13(16-11)21-3/h4,7H,1,5-6,8H2,2-3H3. The Balaban J connectivity index is 2.99. The molecule has 1 aromatic heterocycles. The van der Waals surface area contributed by atoms with Crippen LogP contribution in [0.15, 0.2) is 24.0 Å². The first-order chi connectivity index (χ1) is 10.0. The molecule has 0 bridgehead atoms. The van der Waals surface area contributed by atoms with Crippen molar-refractivity contribution >= 4 is 35.2 Å². The number of hydrogen-bond acceptors (Lipinski definition) is 6. The summed E-state index contributed by atoms with van der Waals surface area (Å²) in [5.74, 6) is -0.964. The van der Waals surface area contributed by atoms with E-state index >= 15 is 0 Å². The minimum absolute atomic E-state index is 0.0576. The number of ether oxygens (including phenoxy) is 1. The van der Waals surface area contributed by atoms with E-state index < -0.39 is 11.9 Å². The van der Waals surface area contributed by atoms with Crippen LogP contribution in [0, 0.1) is 0 Å². The third-order valence-corrected chi connectivity index (χ3v) is 3.21. The molecule has 0 aliphatic carbocycles. The fourth-order valence-corrected chi connectivity index (χ4v) is 2.00. The van der Waals surface area contributed by atoms with Crippen LogP contribution in [0.5, 0.6) is 0 Å². The molecular formula is C13H16ClN3O3S. The highest BCUT2D eigenvalue weighted by molar-refractivity contribution is 7.98. The fourth-order valence-electron chi connectivity index (χ4n) is 1.49. The lowest BCUT2D eigenvalue weighted by atomic mass is 10.3. The van der Waals surface area contributed by atoms with Gasteiger partial charge in [-0.2, -0.15) is 0 Å². The molecular weight excluding hydrogens is 314 g/mol. The number of nitrogens with zero attached hydrogens (tertiary/aromatic N) is 3. The van der Waals surface area contributed by atoms with E-state index in [-0.39, 0.29) is 30.4 Å². The van der Waals surface area contributed by atoms with E-state index in [4.69, 9.17) is 16.3 Å². The summed E-state index contributed by atoms with van der Waals surface area (Å²) in [5, 5.41) is 0.563. The maximum Gasteiger partial charge on any atom is 0.325 e. The van der Waals surface area contributed by atoms with Gasteiger partial charge >= 0.3 is 5.97 Å². The summed E-state index contributed by atoms with van der Waals surface area (Å²) in [5.41, 5.74) is 0.0576. The zero-order chi connectivity index (χ0) is 15.8. The molecule has 0 aromatic carbocycles. The van der Waals surface area contributed by atoms with Gasteiger partial charge in [0.2, 0.25) is 0 Å². The van der Waals surface area contributed by atoms with Crippen molar-refractivity contribution in [2.45, 2.75) is 12.1 Å². The molecule has 1 amide bonds. The molecule has 0 saturated carbocycles. The number of thioether (sulfide) groups is 1. The molecule has 0 aliphatic heterocycles. The average Bonchev–Trinajstić information content (AvgIpc) is 2.47. The number of rotatable bonds is 7. The highest BCUT2D eigenvalue weighted by Crippen LogP contribution is 2.18. The molecule has 0 unspecified atom stereocenters. The molecule has 0 saturated heterocycles. The molecule has 6 nitrogen and oxygen atoms in total. The summed E-state index contributed by atoms with van der Waals surface area (Å²) < 4.78 is 4.84. The number of aromatic nitrogens is 2. The van der Waals surface area contributed by atoms with Crippen molar-refractivity contribution in [2.24, 2.45) is 0 Å². The van der Waals surface area contributed by atoms with Gasteiger partial charge in [0.25, 0.3) is 5.91 Å². The number of halogens is 1. The lowest BCUT2D eigenvalue weighted by Gasteiger charge is -2.20. The van der Waals surface area contributed by atoms with Crippen molar-refractivity contribution in [3.63, 3.8) is 0 Å². The van der Waals surface area contributed by atoms with Gasteiger partial charge in [0.15, 0.2) is 10.9 Å². The van der Waals surface area contributed by atoms with E-state index in [2.05, 4.69) is 16.5 Å². The van der Waals surface area contributed by atoms with Crippen LogP contribution in [0.1, 0.15) is 17.4 Å². The van der Waals surface area contributed by atoms with Gasteiger partial charge in [0, 0.05) is 6.54 Å². The van der Waals surface area contributed by atoms with Gasteiger partial charge in [-0.25, -0.2) is 9.97 Å². The Morgan fingerprint density at radius 2 is 2.29 bits per heavy atom. The first-order valence-corrected chi connectivity index (χ1v) is 7.76. The van der Waals surface area contributed by atoms with E-state index in [9.17, 15) is 9.59 Å². The predicted molar refractivity (Wildman–Crippen MR) is 81.6 cm³/mol. The van der Waals surface area contributed by atoms with Gasteiger partial charge in [0.05, 0.1) is 17.8 Å². The van der Waals surface area contributed by atoms with Crippen LogP contribution >= 0.6 is 23.4 Å². The molecule has 0 atom stereocenters. The zero-order valence-electron chi connectivity index (χ0n) is 11.8. The van der Waals surface area contributed by atoms with E-state index in [1.807, 2.05) is 0 Å². The Morgan fingerprint density at radius 3 is 2.86 bits per heavy atom. The third-order valence-electron chi connectivity index (χ3n) is 2.37. The molecule has 114 valence electrons. The van der Waals surface area contributed by atoms with Gasteiger partial charge in [-0.1, -0.05) is 29.4 Å². The summed E-state index contributed by atoms with van der Waals surface area (Å²) in [7, 11) is 0. The van der Waals surface area contributed by atoms with Crippen molar-refractivity contribution in [2.75, 3.05) is 26.0 Å². The molecule has 8 heteroatoms. The molecule has 0 N–H and O–H groups in total. The summed E-state index contributed by atoms with van der Waals surface area (Å²) in [6.45, 7) is 5.52. The van der Waals surface area contributed by atoms with Crippen molar-refractivity contribution in [1.82, 2.24) is 14.9 Å². The molecule has 0 fully saturated rings. The Labute approximate surface area is 132 Å². The SMILES string of the molecule is C=CCN(CC(=O)OCC)C(=O)c1nc(SC)ncc1Cl. The average molecular weight is 330 g/mol. The molecule has 0 radical (unpaired) electrons. The fraction of sp³-hybridized carbons (Fsp3) is 0.385. The van der Waals surface area contributed by atoms with E-state index in [0.29, 0.717) is 5.16 Å². The highest BCUT2D eigenvalue weighted by atomic mass is 35.5. The smallest absolute Gasteiger partial charge is 0.325 e. The second-order valence-electron chi connectivity index (χ2n) is 3.83. The molecule has 0 spiro atoms. The van der Waals surface area contributed by atoms with Crippen molar-refractivity contribution in [3.05, 3.63) is 29.6 Å². The normalized spacial score (nSPS) is 10.0. The van der Waals surface area contributed by atoms with Crippen LogP contribution in [0.2, 0.25) is 5.02 Å². The largest absolute Gasteiger partial charge is 0.465 e.